The highest BCUT2D eigenvalue weighted by molar-refractivity contribution is 5.60. The van der Waals surface area contributed by atoms with Gasteiger partial charge in [-0.15, -0.1) is 0 Å². The lowest BCUT2D eigenvalue weighted by Gasteiger charge is -2.27. The maximum atomic E-state index is 11.4. The number of anilines is 2. The van der Waals surface area contributed by atoms with Crippen molar-refractivity contribution in [3.63, 3.8) is 0 Å². The third-order valence-corrected chi connectivity index (χ3v) is 4.56. The van der Waals surface area contributed by atoms with Crippen LogP contribution >= 0.6 is 0 Å². The average Bonchev–Trinajstić information content (AvgIpc) is 2.97. The fraction of sp³-hybridized carbons (Fsp3) is 0.529. The Hall–Kier alpha value is -2.64. The highest BCUT2D eigenvalue weighted by Crippen LogP contribution is 2.29. The number of pyridine rings is 1. The Kier molecular flexibility index (Phi) is 5.16. The summed E-state index contributed by atoms with van der Waals surface area (Å²) < 4.78 is 1.55. The Morgan fingerprint density at radius 2 is 2.08 bits per heavy atom. The number of nitro groups is 1. The Bertz CT molecular complexity index is 752. The summed E-state index contributed by atoms with van der Waals surface area (Å²) in [6, 6.07) is 3.99. The van der Waals surface area contributed by atoms with E-state index in [1.165, 1.54) is 19.3 Å². The molecule has 0 aromatic carbocycles. The Morgan fingerprint density at radius 1 is 1.32 bits per heavy atom. The van der Waals surface area contributed by atoms with E-state index in [4.69, 9.17) is 0 Å². The van der Waals surface area contributed by atoms with Crippen molar-refractivity contribution in [3.05, 3.63) is 39.7 Å². The van der Waals surface area contributed by atoms with Gasteiger partial charge in [0.1, 0.15) is 11.5 Å². The topological polar surface area (TPSA) is 89.1 Å². The van der Waals surface area contributed by atoms with Crippen molar-refractivity contribution in [3.8, 4) is 0 Å². The smallest absolute Gasteiger partial charge is 0.333 e. The van der Waals surface area contributed by atoms with E-state index in [1.807, 2.05) is 13.0 Å². The zero-order chi connectivity index (χ0) is 17.8. The largest absolute Gasteiger partial charge is 0.360 e. The highest BCUT2D eigenvalue weighted by Gasteiger charge is 2.25. The predicted molar refractivity (Wildman–Crippen MR) is 96.9 cm³/mol. The first-order valence-electron chi connectivity index (χ1n) is 8.74. The molecule has 0 bridgehead atoms. The summed E-state index contributed by atoms with van der Waals surface area (Å²) in [5, 5.41) is 18.8. The molecule has 0 atom stereocenters. The van der Waals surface area contributed by atoms with Gasteiger partial charge in [-0.1, -0.05) is 6.92 Å². The van der Waals surface area contributed by atoms with E-state index in [0.717, 1.165) is 24.5 Å². The first-order valence-corrected chi connectivity index (χ1v) is 8.74. The Labute approximate surface area is 147 Å². The van der Waals surface area contributed by atoms with Crippen LogP contribution in [0.3, 0.4) is 0 Å². The van der Waals surface area contributed by atoms with Crippen LogP contribution in [-0.4, -0.2) is 32.8 Å². The molecule has 8 heteroatoms. The van der Waals surface area contributed by atoms with Gasteiger partial charge in [0, 0.05) is 32.9 Å². The zero-order valence-electron chi connectivity index (χ0n) is 14.7. The third kappa shape index (κ3) is 3.72. The normalized spacial score (nSPS) is 14.6. The van der Waals surface area contributed by atoms with Crippen LogP contribution in [0, 0.1) is 10.1 Å². The van der Waals surface area contributed by atoms with Crippen molar-refractivity contribution >= 4 is 17.3 Å². The molecule has 25 heavy (non-hydrogen) atoms. The van der Waals surface area contributed by atoms with E-state index in [0.29, 0.717) is 24.5 Å². The Morgan fingerprint density at radius 3 is 2.76 bits per heavy atom. The van der Waals surface area contributed by atoms with Crippen molar-refractivity contribution in [1.82, 2.24) is 14.8 Å². The molecule has 1 saturated heterocycles. The van der Waals surface area contributed by atoms with Crippen LogP contribution in [0.2, 0.25) is 0 Å². The Balaban J connectivity index is 1.76. The molecule has 3 rings (SSSR count). The SMILES string of the molecule is CCc1nn(C)c(NCc2ccnc(N3CCCCC3)c2)c1[N+](=O)[O-]. The van der Waals surface area contributed by atoms with Gasteiger partial charge in [-0.2, -0.15) is 5.10 Å². The summed E-state index contributed by atoms with van der Waals surface area (Å²) in [4.78, 5) is 17.8. The second kappa shape index (κ2) is 7.50. The van der Waals surface area contributed by atoms with Crippen molar-refractivity contribution in [2.24, 2.45) is 7.05 Å². The lowest BCUT2D eigenvalue weighted by atomic mass is 10.1. The lowest BCUT2D eigenvalue weighted by Crippen LogP contribution is -2.30. The molecule has 0 aliphatic carbocycles. The molecule has 1 aliphatic rings. The zero-order valence-corrected chi connectivity index (χ0v) is 14.7. The molecule has 0 radical (unpaired) electrons. The first-order chi connectivity index (χ1) is 12.1. The van der Waals surface area contributed by atoms with Crippen molar-refractivity contribution < 1.29 is 4.92 Å². The molecular formula is C17H24N6O2. The standard InChI is InChI=1S/C17H24N6O2/c1-3-14-16(23(24)25)17(21(2)20-14)19-12-13-7-8-18-15(11-13)22-9-5-4-6-10-22/h7-8,11,19H,3-6,9-10,12H2,1-2H3. The number of nitrogens with one attached hydrogen (secondary N) is 1. The number of rotatable bonds is 6. The quantitative estimate of drug-likeness (QED) is 0.640. The molecular weight excluding hydrogens is 320 g/mol. The molecule has 2 aromatic rings. The van der Waals surface area contributed by atoms with Gasteiger partial charge in [-0.3, -0.25) is 10.1 Å². The monoisotopic (exact) mass is 344 g/mol. The fourth-order valence-electron chi connectivity index (χ4n) is 3.25. The van der Waals surface area contributed by atoms with Crippen LogP contribution in [0.25, 0.3) is 0 Å². The van der Waals surface area contributed by atoms with Gasteiger partial charge >= 0.3 is 5.69 Å². The van der Waals surface area contributed by atoms with Crippen LogP contribution in [0.4, 0.5) is 17.3 Å². The van der Waals surface area contributed by atoms with Crippen molar-refractivity contribution in [2.45, 2.75) is 39.2 Å². The van der Waals surface area contributed by atoms with E-state index in [2.05, 4.69) is 26.4 Å². The van der Waals surface area contributed by atoms with Crippen LogP contribution in [0.1, 0.15) is 37.4 Å². The number of piperidine rings is 1. The van der Waals surface area contributed by atoms with Gasteiger partial charge < -0.3 is 10.2 Å². The molecule has 0 spiro atoms. The van der Waals surface area contributed by atoms with E-state index in [-0.39, 0.29) is 10.6 Å². The molecule has 0 amide bonds. The summed E-state index contributed by atoms with van der Waals surface area (Å²) in [7, 11) is 1.72. The van der Waals surface area contributed by atoms with E-state index < -0.39 is 0 Å². The minimum absolute atomic E-state index is 0.0651. The molecule has 2 aromatic heterocycles. The van der Waals surface area contributed by atoms with Crippen LogP contribution in [-0.2, 0) is 20.0 Å². The summed E-state index contributed by atoms with van der Waals surface area (Å²) in [6.45, 7) is 4.44. The maximum Gasteiger partial charge on any atom is 0.333 e. The summed E-state index contributed by atoms with van der Waals surface area (Å²) >= 11 is 0. The molecule has 8 nitrogen and oxygen atoms in total. The summed E-state index contributed by atoms with van der Waals surface area (Å²) in [5.41, 5.74) is 1.61. The number of aryl methyl sites for hydroxylation is 2. The summed E-state index contributed by atoms with van der Waals surface area (Å²) in [6.07, 6.45) is 6.01. The molecule has 1 fully saturated rings. The van der Waals surface area contributed by atoms with Gasteiger partial charge in [0.2, 0.25) is 5.82 Å². The molecule has 3 heterocycles. The molecule has 0 unspecified atom stereocenters. The second-order valence-corrected chi connectivity index (χ2v) is 6.30. The van der Waals surface area contributed by atoms with E-state index in [9.17, 15) is 10.1 Å². The van der Waals surface area contributed by atoms with Gasteiger partial charge in [0.25, 0.3) is 0 Å². The number of hydrogen-bond acceptors (Lipinski definition) is 6. The predicted octanol–water partition coefficient (Wildman–Crippen LogP) is 2.89. The highest BCUT2D eigenvalue weighted by atomic mass is 16.6. The minimum Gasteiger partial charge on any atom is -0.360 e. The lowest BCUT2D eigenvalue weighted by molar-refractivity contribution is -0.384. The van der Waals surface area contributed by atoms with E-state index in [1.54, 1.807) is 17.9 Å². The minimum atomic E-state index is -0.361. The maximum absolute atomic E-state index is 11.4. The first kappa shape index (κ1) is 17.2. The van der Waals surface area contributed by atoms with Crippen LogP contribution in [0.15, 0.2) is 18.3 Å². The van der Waals surface area contributed by atoms with E-state index >= 15 is 0 Å². The van der Waals surface area contributed by atoms with Gasteiger partial charge in [0.05, 0.1) is 4.92 Å². The third-order valence-electron chi connectivity index (χ3n) is 4.56. The fourth-order valence-corrected chi connectivity index (χ4v) is 3.25. The van der Waals surface area contributed by atoms with Gasteiger partial charge in [0.15, 0.2) is 0 Å². The van der Waals surface area contributed by atoms with Crippen molar-refractivity contribution in [2.75, 3.05) is 23.3 Å². The van der Waals surface area contributed by atoms with Crippen LogP contribution < -0.4 is 10.2 Å². The molecule has 1 N–H and O–H groups in total. The summed E-state index contributed by atoms with van der Waals surface area (Å²) in [5.74, 6) is 1.42. The number of nitrogens with zero attached hydrogens (tertiary/aromatic N) is 5. The number of hydrogen-bond donors (Lipinski definition) is 1. The van der Waals surface area contributed by atoms with Crippen LogP contribution in [0.5, 0.6) is 0 Å². The molecule has 0 saturated carbocycles. The average molecular weight is 344 g/mol. The molecule has 1 aliphatic heterocycles. The van der Waals surface area contributed by atoms with Gasteiger partial charge in [-0.05, 0) is 43.4 Å². The molecule has 134 valence electrons. The second-order valence-electron chi connectivity index (χ2n) is 6.30. The van der Waals surface area contributed by atoms with Crippen molar-refractivity contribution in [1.29, 1.82) is 0 Å². The van der Waals surface area contributed by atoms with Gasteiger partial charge in [-0.25, -0.2) is 9.67 Å². The number of aromatic nitrogens is 3.